The number of fused-ring (bicyclic) bond motifs is 1. The Morgan fingerprint density at radius 2 is 1.95 bits per heavy atom. The van der Waals surface area contributed by atoms with Gasteiger partial charge in [-0.05, 0) is 25.6 Å². The van der Waals surface area contributed by atoms with Crippen molar-refractivity contribution < 1.29 is 17.9 Å². The minimum Gasteiger partial charge on any atom is -0.486 e. The first-order chi connectivity index (χ1) is 9.61. The molecule has 0 spiro atoms. The molecule has 1 aromatic carbocycles. The van der Waals surface area contributed by atoms with Crippen molar-refractivity contribution in [3.8, 4) is 11.5 Å². The van der Waals surface area contributed by atoms with Crippen LogP contribution in [0, 0.1) is 0 Å². The number of nitrogens with zero attached hydrogens (tertiary/aromatic N) is 1. The highest BCUT2D eigenvalue weighted by Crippen LogP contribution is 2.33. The van der Waals surface area contributed by atoms with Crippen LogP contribution < -0.4 is 14.8 Å². The summed E-state index contributed by atoms with van der Waals surface area (Å²) in [6, 6.07) is 5.01. The van der Waals surface area contributed by atoms with Gasteiger partial charge in [-0.15, -0.1) is 12.4 Å². The molecule has 0 aliphatic carbocycles. The molecule has 8 heteroatoms. The Bertz CT molecular complexity index is 608. The molecule has 0 bridgehead atoms. The quantitative estimate of drug-likeness (QED) is 0.888. The van der Waals surface area contributed by atoms with Gasteiger partial charge in [0.25, 0.3) is 0 Å². The first-order valence-corrected chi connectivity index (χ1v) is 8.12. The van der Waals surface area contributed by atoms with Crippen LogP contribution in [-0.4, -0.2) is 52.1 Å². The van der Waals surface area contributed by atoms with E-state index in [1.54, 1.807) is 18.2 Å². The van der Waals surface area contributed by atoms with Crippen molar-refractivity contribution in [2.45, 2.75) is 17.4 Å². The highest BCUT2D eigenvalue weighted by atomic mass is 35.5. The van der Waals surface area contributed by atoms with Gasteiger partial charge in [-0.25, -0.2) is 8.42 Å². The number of halogens is 1. The molecule has 1 N–H and O–H groups in total. The zero-order valence-electron chi connectivity index (χ0n) is 11.7. The Kier molecular flexibility index (Phi) is 4.98. The van der Waals surface area contributed by atoms with Crippen molar-refractivity contribution in [1.82, 2.24) is 9.62 Å². The second-order valence-electron chi connectivity index (χ2n) is 4.94. The van der Waals surface area contributed by atoms with Crippen LogP contribution in [0.25, 0.3) is 0 Å². The molecule has 0 radical (unpaired) electrons. The van der Waals surface area contributed by atoms with Gasteiger partial charge in [-0.1, -0.05) is 0 Å². The molecule has 2 aliphatic heterocycles. The van der Waals surface area contributed by atoms with Crippen molar-refractivity contribution in [2.75, 3.05) is 33.4 Å². The average molecular weight is 335 g/mol. The van der Waals surface area contributed by atoms with E-state index < -0.39 is 10.0 Å². The second-order valence-corrected chi connectivity index (χ2v) is 6.88. The Morgan fingerprint density at radius 3 is 2.62 bits per heavy atom. The number of benzene rings is 1. The molecule has 1 saturated heterocycles. The topological polar surface area (TPSA) is 67.9 Å². The van der Waals surface area contributed by atoms with Gasteiger partial charge >= 0.3 is 0 Å². The van der Waals surface area contributed by atoms with E-state index in [0.29, 0.717) is 37.8 Å². The summed E-state index contributed by atoms with van der Waals surface area (Å²) in [5.74, 6) is 1.10. The first-order valence-electron chi connectivity index (χ1n) is 6.68. The molecule has 6 nitrogen and oxygen atoms in total. The number of likely N-dealkylation sites (N-methyl/N-ethyl adjacent to an activating group) is 1. The third-order valence-corrected chi connectivity index (χ3v) is 5.57. The molecule has 0 saturated carbocycles. The van der Waals surface area contributed by atoms with E-state index in [1.165, 1.54) is 4.31 Å². The van der Waals surface area contributed by atoms with Crippen LogP contribution >= 0.6 is 12.4 Å². The van der Waals surface area contributed by atoms with Crippen molar-refractivity contribution in [2.24, 2.45) is 0 Å². The molecule has 2 aliphatic rings. The summed E-state index contributed by atoms with van der Waals surface area (Å²) in [4.78, 5) is 0.263. The Labute approximate surface area is 130 Å². The van der Waals surface area contributed by atoms with E-state index in [2.05, 4.69) is 5.32 Å². The summed E-state index contributed by atoms with van der Waals surface area (Å²) >= 11 is 0. The van der Waals surface area contributed by atoms with Crippen LogP contribution in [0.1, 0.15) is 6.42 Å². The van der Waals surface area contributed by atoms with Gasteiger partial charge in [0.15, 0.2) is 11.5 Å². The van der Waals surface area contributed by atoms with Gasteiger partial charge in [0, 0.05) is 25.2 Å². The lowest BCUT2D eigenvalue weighted by molar-refractivity contribution is 0.171. The van der Waals surface area contributed by atoms with Gasteiger partial charge in [0.1, 0.15) is 13.2 Å². The van der Waals surface area contributed by atoms with Crippen molar-refractivity contribution in [3.05, 3.63) is 18.2 Å². The number of hydrogen-bond donors (Lipinski definition) is 1. The largest absolute Gasteiger partial charge is 0.486 e. The number of ether oxygens (including phenoxy) is 2. The van der Waals surface area contributed by atoms with E-state index in [4.69, 9.17) is 9.47 Å². The summed E-state index contributed by atoms with van der Waals surface area (Å²) in [6.45, 7) is 1.99. The summed E-state index contributed by atoms with van der Waals surface area (Å²) in [6.07, 6.45) is 0.834. The predicted molar refractivity (Wildman–Crippen MR) is 80.9 cm³/mol. The molecular formula is C13H19ClN2O4S. The maximum Gasteiger partial charge on any atom is 0.243 e. The van der Waals surface area contributed by atoms with Gasteiger partial charge in [0.05, 0.1) is 4.90 Å². The molecule has 0 aromatic heterocycles. The number of hydrogen-bond acceptors (Lipinski definition) is 5. The maximum atomic E-state index is 12.6. The maximum absolute atomic E-state index is 12.6. The van der Waals surface area contributed by atoms with E-state index in [-0.39, 0.29) is 23.3 Å². The molecule has 1 fully saturated rings. The second kappa shape index (κ2) is 6.39. The monoisotopic (exact) mass is 334 g/mol. The Morgan fingerprint density at radius 1 is 1.24 bits per heavy atom. The Hall–Kier alpha value is -1.02. The van der Waals surface area contributed by atoms with Crippen LogP contribution in [0.5, 0.6) is 11.5 Å². The molecule has 3 rings (SSSR count). The van der Waals surface area contributed by atoms with E-state index in [9.17, 15) is 8.42 Å². The van der Waals surface area contributed by atoms with Crippen LogP contribution in [0.4, 0.5) is 0 Å². The molecule has 21 heavy (non-hydrogen) atoms. The highest BCUT2D eigenvalue weighted by molar-refractivity contribution is 7.89. The smallest absolute Gasteiger partial charge is 0.243 e. The van der Waals surface area contributed by atoms with Crippen molar-refractivity contribution >= 4 is 22.4 Å². The SMILES string of the molecule is CNC1CCN(S(=O)(=O)c2ccc3c(c2)OCCO3)C1.Cl. The summed E-state index contributed by atoms with van der Waals surface area (Å²) in [7, 11) is -1.61. The lowest BCUT2D eigenvalue weighted by Crippen LogP contribution is -2.33. The molecule has 2 heterocycles. The molecule has 1 aromatic rings. The summed E-state index contributed by atoms with van der Waals surface area (Å²) < 4.78 is 37.5. The fourth-order valence-electron chi connectivity index (χ4n) is 2.52. The third kappa shape index (κ3) is 3.11. The minimum absolute atomic E-state index is 0. The fraction of sp³-hybridized carbons (Fsp3) is 0.538. The van der Waals surface area contributed by atoms with Gasteiger partial charge in [0.2, 0.25) is 10.0 Å². The highest BCUT2D eigenvalue weighted by Gasteiger charge is 2.32. The Balaban J connectivity index is 0.00000161. The van der Waals surface area contributed by atoms with Crippen molar-refractivity contribution in [3.63, 3.8) is 0 Å². The summed E-state index contributed by atoms with van der Waals surface area (Å²) in [5.41, 5.74) is 0. The van der Waals surface area contributed by atoms with Crippen LogP contribution in [0.15, 0.2) is 23.1 Å². The predicted octanol–water partition coefficient (Wildman–Crippen LogP) is 0.862. The lowest BCUT2D eigenvalue weighted by atomic mass is 10.3. The summed E-state index contributed by atoms with van der Waals surface area (Å²) in [5, 5.41) is 3.12. The van der Waals surface area contributed by atoms with Crippen LogP contribution in [0.3, 0.4) is 0 Å². The van der Waals surface area contributed by atoms with Gasteiger partial charge in [-0.3, -0.25) is 0 Å². The van der Waals surface area contributed by atoms with Crippen LogP contribution in [0.2, 0.25) is 0 Å². The molecular weight excluding hydrogens is 316 g/mol. The third-order valence-electron chi connectivity index (χ3n) is 3.71. The molecule has 118 valence electrons. The van der Waals surface area contributed by atoms with E-state index >= 15 is 0 Å². The lowest BCUT2D eigenvalue weighted by Gasteiger charge is -2.21. The van der Waals surface area contributed by atoms with Gasteiger partial charge in [-0.2, -0.15) is 4.31 Å². The fourth-order valence-corrected chi connectivity index (χ4v) is 4.03. The normalized spacial score (nSPS) is 21.9. The zero-order valence-corrected chi connectivity index (χ0v) is 13.4. The number of rotatable bonds is 3. The number of nitrogens with one attached hydrogen (secondary N) is 1. The van der Waals surface area contributed by atoms with Crippen molar-refractivity contribution in [1.29, 1.82) is 0 Å². The minimum atomic E-state index is -3.46. The standard InChI is InChI=1S/C13H18N2O4S.ClH/c1-14-10-4-5-15(9-10)20(16,17)11-2-3-12-13(8-11)19-7-6-18-12;/h2-3,8,10,14H,4-7,9H2,1H3;1H. The van der Waals surface area contributed by atoms with E-state index in [0.717, 1.165) is 6.42 Å². The zero-order chi connectivity index (χ0) is 14.2. The molecule has 0 amide bonds. The van der Waals surface area contributed by atoms with Gasteiger partial charge < -0.3 is 14.8 Å². The molecule has 1 unspecified atom stereocenters. The number of sulfonamides is 1. The first kappa shape index (κ1) is 16.4. The van der Waals surface area contributed by atoms with Crippen LogP contribution in [-0.2, 0) is 10.0 Å². The van der Waals surface area contributed by atoms with E-state index in [1.807, 2.05) is 7.05 Å². The average Bonchev–Trinajstić information content (AvgIpc) is 2.96. The molecule has 1 atom stereocenters.